The molecule has 0 atom stereocenters. The van der Waals surface area contributed by atoms with Gasteiger partial charge in [-0.2, -0.15) is 0 Å². The Morgan fingerprint density at radius 1 is 0.903 bits per heavy atom. The molecule has 0 aliphatic carbocycles. The lowest BCUT2D eigenvalue weighted by molar-refractivity contribution is 0.906. The van der Waals surface area contributed by atoms with Gasteiger partial charge in [0, 0.05) is 17.5 Å². The van der Waals surface area contributed by atoms with Gasteiger partial charge in [0.15, 0.2) is 5.82 Å². The molecular formula is C26H21N3OS. The highest BCUT2D eigenvalue weighted by atomic mass is 32.2. The summed E-state index contributed by atoms with van der Waals surface area (Å²) >= 11 is 1.59. The number of aromatic amines is 1. The van der Waals surface area contributed by atoms with Crippen LogP contribution in [0, 0.1) is 6.92 Å². The van der Waals surface area contributed by atoms with Gasteiger partial charge in [-0.15, -0.1) is 0 Å². The van der Waals surface area contributed by atoms with E-state index in [1.165, 1.54) is 5.56 Å². The van der Waals surface area contributed by atoms with Gasteiger partial charge in [0.2, 0.25) is 0 Å². The number of hydrogen-bond donors (Lipinski definition) is 1. The number of H-pyrrole nitrogens is 1. The first kappa shape index (κ1) is 19.4. The molecule has 31 heavy (non-hydrogen) atoms. The van der Waals surface area contributed by atoms with E-state index >= 15 is 0 Å². The molecule has 1 N–H and O–H groups in total. The smallest absolute Gasteiger partial charge is 0.278 e. The Balaban J connectivity index is 1.64. The molecule has 152 valence electrons. The molecule has 0 fully saturated rings. The molecule has 0 amide bonds. The van der Waals surface area contributed by atoms with Crippen molar-refractivity contribution in [1.29, 1.82) is 0 Å². The zero-order valence-corrected chi connectivity index (χ0v) is 17.9. The molecule has 2 aliphatic heterocycles. The third-order valence-electron chi connectivity index (χ3n) is 5.18. The standard InChI is InChI=1S/C26H21N3OS/c1-18-12-14-21(15-13-18)31-25-24-27-22(16-19-8-4-2-5-9-19)26(30)29(24)17-23(28-25)20-10-6-3-7-11-20/h2-15,17,28H,16H2,1H3. The number of aryl methyl sites for hydroxylation is 1. The number of rotatable bonds is 5. The average molecular weight is 424 g/mol. The molecule has 5 heteroatoms. The molecule has 4 nitrogen and oxygen atoms in total. The van der Waals surface area contributed by atoms with Crippen molar-refractivity contribution >= 4 is 11.8 Å². The molecule has 0 radical (unpaired) electrons. The fourth-order valence-corrected chi connectivity index (χ4v) is 4.45. The Morgan fingerprint density at radius 3 is 2.29 bits per heavy atom. The van der Waals surface area contributed by atoms with Crippen LogP contribution in [0.5, 0.6) is 0 Å². The van der Waals surface area contributed by atoms with Gasteiger partial charge in [0.05, 0.1) is 5.69 Å². The summed E-state index contributed by atoms with van der Waals surface area (Å²) in [6.07, 6.45) is 2.37. The van der Waals surface area contributed by atoms with Crippen LogP contribution in [0.15, 0.2) is 106 Å². The van der Waals surface area contributed by atoms with E-state index in [1.54, 1.807) is 16.3 Å². The second-order valence-electron chi connectivity index (χ2n) is 7.50. The monoisotopic (exact) mass is 423 g/mol. The Morgan fingerprint density at radius 2 is 1.58 bits per heavy atom. The predicted octanol–water partition coefficient (Wildman–Crippen LogP) is 5.72. The molecule has 0 saturated carbocycles. The quantitative estimate of drug-likeness (QED) is 0.394. The fraction of sp³-hybridized carbons (Fsp3) is 0.0769. The fourth-order valence-electron chi connectivity index (χ4n) is 3.55. The lowest BCUT2D eigenvalue weighted by Gasteiger charge is -2.12. The molecule has 3 aromatic carbocycles. The van der Waals surface area contributed by atoms with Gasteiger partial charge in [-0.25, -0.2) is 4.98 Å². The van der Waals surface area contributed by atoms with Crippen LogP contribution >= 0.6 is 11.8 Å². The number of nitrogens with one attached hydrogen (secondary N) is 1. The molecule has 3 aromatic rings. The minimum absolute atomic E-state index is 0.0733. The molecule has 2 aliphatic rings. The average Bonchev–Trinajstić information content (AvgIpc) is 3.12. The highest BCUT2D eigenvalue weighted by Gasteiger charge is 2.21. The molecule has 0 bridgehead atoms. The normalized spacial score (nSPS) is 11.1. The van der Waals surface area contributed by atoms with E-state index in [0.29, 0.717) is 17.9 Å². The van der Waals surface area contributed by atoms with Gasteiger partial charge in [0.25, 0.3) is 5.56 Å². The van der Waals surface area contributed by atoms with E-state index in [2.05, 4.69) is 36.2 Å². The first-order valence-corrected chi connectivity index (χ1v) is 11.0. The Bertz CT molecular complexity index is 1340. The minimum Gasteiger partial charge on any atom is -0.345 e. The third-order valence-corrected chi connectivity index (χ3v) is 6.18. The van der Waals surface area contributed by atoms with Crippen LogP contribution in [0.3, 0.4) is 0 Å². The summed E-state index contributed by atoms with van der Waals surface area (Å²) in [5, 5.41) is 0.849. The lowest BCUT2D eigenvalue weighted by Crippen LogP contribution is -2.16. The van der Waals surface area contributed by atoms with Crippen LogP contribution in [0.4, 0.5) is 0 Å². The van der Waals surface area contributed by atoms with Crippen molar-refractivity contribution in [3.63, 3.8) is 0 Å². The maximum absolute atomic E-state index is 13.2. The van der Waals surface area contributed by atoms with Crippen molar-refractivity contribution in [2.45, 2.75) is 23.3 Å². The van der Waals surface area contributed by atoms with E-state index in [1.807, 2.05) is 66.9 Å². The summed E-state index contributed by atoms with van der Waals surface area (Å²) in [5.41, 5.74) is 4.66. The Hall–Kier alpha value is -3.57. The number of fused-ring (bicyclic) bond motifs is 1. The minimum atomic E-state index is -0.0733. The lowest BCUT2D eigenvalue weighted by atomic mass is 10.1. The van der Waals surface area contributed by atoms with Crippen LogP contribution < -0.4 is 5.56 Å². The van der Waals surface area contributed by atoms with E-state index in [4.69, 9.17) is 4.98 Å². The zero-order chi connectivity index (χ0) is 21.2. The van der Waals surface area contributed by atoms with Gasteiger partial charge in [0.1, 0.15) is 10.7 Å². The van der Waals surface area contributed by atoms with Gasteiger partial charge in [-0.05, 0) is 30.2 Å². The van der Waals surface area contributed by atoms with Crippen LogP contribution in [0.1, 0.15) is 16.8 Å². The summed E-state index contributed by atoms with van der Waals surface area (Å²) in [5.74, 6) is 0.654. The van der Waals surface area contributed by atoms with Crippen LogP contribution in [-0.2, 0) is 6.42 Å². The first-order valence-electron chi connectivity index (χ1n) is 10.2. The SMILES string of the molecule is Cc1ccc(Sc2[nH]c(-c3ccccc3)cn3c(=O)c(Cc4ccccc4)nc2-3)cc1. The van der Waals surface area contributed by atoms with Crippen molar-refractivity contribution in [3.05, 3.63) is 118 Å². The largest absolute Gasteiger partial charge is 0.345 e. The molecule has 0 saturated heterocycles. The number of benzene rings is 3. The summed E-state index contributed by atoms with van der Waals surface area (Å²) in [4.78, 5) is 22.6. The van der Waals surface area contributed by atoms with Crippen LogP contribution in [0.25, 0.3) is 17.1 Å². The van der Waals surface area contributed by atoms with E-state index < -0.39 is 0 Å². The molecule has 0 spiro atoms. The van der Waals surface area contributed by atoms with Crippen LogP contribution in [0.2, 0.25) is 0 Å². The van der Waals surface area contributed by atoms with Gasteiger partial charge >= 0.3 is 0 Å². The van der Waals surface area contributed by atoms with Crippen molar-refractivity contribution < 1.29 is 0 Å². The van der Waals surface area contributed by atoms with Crippen molar-refractivity contribution in [2.75, 3.05) is 0 Å². The molecule has 5 rings (SSSR count). The van der Waals surface area contributed by atoms with Crippen LogP contribution in [-0.4, -0.2) is 14.5 Å². The Labute approximate surface area is 185 Å². The van der Waals surface area contributed by atoms with E-state index in [9.17, 15) is 4.79 Å². The summed E-state index contributed by atoms with van der Waals surface area (Å²) in [7, 11) is 0. The van der Waals surface area contributed by atoms with Gasteiger partial charge < -0.3 is 4.98 Å². The van der Waals surface area contributed by atoms with Gasteiger partial charge in [-0.1, -0.05) is 90.1 Å². The first-order chi connectivity index (χ1) is 15.2. The molecule has 0 unspecified atom stereocenters. The second-order valence-corrected chi connectivity index (χ2v) is 8.58. The van der Waals surface area contributed by atoms with Gasteiger partial charge in [-0.3, -0.25) is 9.36 Å². The third kappa shape index (κ3) is 4.05. The van der Waals surface area contributed by atoms with Crippen molar-refractivity contribution in [1.82, 2.24) is 14.5 Å². The summed E-state index contributed by atoms with van der Waals surface area (Å²) in [6, 6.07) is 28.4. The number of nitrogens with zero attached hydrogens (tertiary/aromatic N) is 2. The highest BCUT2D eigenvalue weighted by Crippen LogP contribution is 2.33. The van der Waals surface area contributed by atoms with Crippen molar-refractivity contribution in [3.8, 4) is 17.1 Å². The van der Waals surface area contributed by atoms with E-state index in [0.717, 1.165) is 26.7 Å². The predicted molar refractivity (Wildman–Crippen MR) is 125 cm³/mol. The molecule has 2 heterocycles. The number of imidazole rings is 1. The number of hydrogen-bond acceptors (Lipinski definition) is 3. The van der Waals surface area contributed by atoms with E-state index in [-0.39, 0.29) is 5.56 Å². The number of aromatic nitrogens is 3. The Kier molecular flexibility index (Phi) is 5.18. The van der Waals surface area contributed by atoms with Crippen molar-refractivity contribution in [2.24, 2.45) is 0 Å². The molecule has 0 aromatic heterocycles. The topological polar surface area (TPSA) is 50.7 Å². The highest BCUT2D eigenvalue weighted by molar-refractivity contribution is 7.99. The summed E-state index contributed by atoms with van der Waals surface area (Å²) < 4.78 is 1.67. The maximum atomic E-state index is 13.2. The second kappa shape index (κ2) is 8.28. The zero-order valence-electron chi connectivity index (χ0n) is 17.1. The summed E-state index contributed by atoms with van der Waals surface area (Å²) in [6.45, 7) is 2.07. The maximum Gasteiger partial charge on any atom is 0.278 e. The molecular weight excluding hydrogens is 402 g/mol.